The fourth-order valence-corrected chi connectivity index (χ4v) is 1.39. The molecule has 3 amide bonds. The van der Waals surface area contributed by atoms with Gasteiger partial charge < -0.3 is 5.32 Å². The predicted octanol–water partition coefficient (Wildman–Crippen LogP) is -0.889. The van der Waals surface area contributed by atoms with E-state index in [9.17, 15) is 14.4 Å². The molecule has 0 fully saturated rings. The summed E-state index contributed by atoms with van der Waals surface area (Å²) in [4.78, 5) is 32.5. The molecule has 0 unspecified atom stereocenters. The lowest BCUT2D eigenvalue weighted by molar-refractivity contribution is -0.117. The first-order valence-electron chi connectivity index (χ1n) is 4.32. The first-order chi connectivity index (χ1) is 7.22. The summed E-state index contributed by atoms with van der Waals surface area (Å²) >= 11 is 0. The van der Waals surface area contributed by atoms with Crippen molar-refractivity contribution < 1.29 is 14.4 Å². The minimum atomic E-state index is -0.576. The maximum atomic E-state index is 11.3. The maximum absolute atomic E-state index is 11.3. The predicted molar refractivity (Wildman–Crippen MR) is 49.0 cm³/mol. The minimum absolute atomic E-state index is 0.164. The molecule has 0 spiro atoms. The van der Waals surface area contributed by atoms with Gasteiger partial charge in [0.2, 0.25) is 12.3 Å². The summed E-state index contributed by atoms with van der Waals surface area (Å²) in [6.07, 6.45) is 1.94. The first kappa shape index (κ1) is 9.38. The number of carbonyl (C=O) groups is 3. The molecule has 0 atom stereocenters. The molecule has 1 aliphatic heterocycles. The van der Waals surface area contributed by atoms with E-state index >= 15 is 0 Å². The van der Waals surface area contributed by atoms with Gasteiger partial charge in [-0.05, 0) is 0 Å². The van der Waals surface area contributed by atoms with E-state index in [4.69, 9.17) is 0 Å². The molecule has 0 bridgehead atoms. The van der Waals surface area contributed by atoms with Gasteiger partial charge in [0.1, 0.15) is 11.4 Å². The zero-order chi connectivity index (χ0) is 10.8. The van der Waals surface area contributed by atoms with Crippen LogP contribution in [0.2, 0.25) is 0 Å². The van der Waals surface area contributed by atoms with E-state index in [0.717, 1.165) is 0 Å². The van der Waals surface area contributed by atoms with Crippen LogP contribution in [0.1, 0.15) is 16.8 Å². The second-order valence-electron chi connectivity index (χ2n) is 3.02. The highest BCUT2D eigenvalue weighted by Gasteiger charge is 2.22. The molecule has 0 aliphatic carbocycles. The highest BCUT2D eigenvalue weighted by molar-refractivity contribution is 6.06. The number of rotatable bonds is 2. The van der Waals surface area contributed by atoms with Crippen molar-refractivity contribution in [2.24, 2.45) is 0 Å². The van der Waals surface area contributed by atoms with Gasteiger partial charge >= 0.3 is 0 Å². The van der Waals surface area contributed by atoms with Crippen molar-refractivity contribution in [3.63, 3.8) is 0 Å². The molecule has 15 heavy (non-hydrogen) atoms. The second-order valence-corrected chi connectivity index (χ2v) is 3.02. The van der Waals surface area contributed by atoms with Gasteiger partial charge in [0.25, 0.3) is 5.91 Å². The van der Waals surface area contributed by atoms with Crippen LogP contribution >= 0.6 is 0 Å². The van der Waals surface area contributed by atoms with Gasteiger partial charge in [-0.2, -0.15) is 5.10 Å². The normalized spacial score (nSPS) is 14.0. The van der Waals surface area contributed by atoms with Gasteiger partial charge in [0.15, 0.2) is 0 Å². The number of aryl methyl sites for hydroxylation is 1. The van der Waals surface area contributed by atoms with Crippen LogP contribution in [-0.2, 0) is 16.1 Å². The lowest BCUT2D eigenvalue weighted by atomic mass is 10.2. The number of aromatic nitrogens is 2. The summed E-state index contributed by atoms with van der Waals surface area (Å²) in [5.74, 6) is -0.401. The zero-order valence-electron chi connectivity index (χ0n) is 7.69. The van der Waals surface area contributed by atoms with E-state index in [1.54, 1.807) is 0 Å². The number of amides is 3. The smallest absolute Gasteiger partial charge is 0.263 e. The van der Waals surface area contributed by atoms with E-state index in [-0.39, 0.29) is 17.9 Å². The summed E-state index contributed by atoms with van der Waals surface area (Å²) in [5.41, 5.74) is 0.190. The summed E-state index contributed by atoms with van der Waals surface area (Å²) in [5, 5.41) is 8.44. The molecule has 0 radical (unpaired) electrons. The molecular formula is C8H8N4O3. The Kier molecular flexibility index (Phi) is 2.20. The van der Waals surface area contributed by atoms with E-state index in [1.807, 2.05) is 5.32 Å². The van der Waals surface area contributed by atoms with Crippen LogP contribution in [0.3, 0.4) is 0 Å². The molecule has 7 nitrogen and oxygen atoms in total. The van der Waals surface area contributed by atoms with Crippen LogP contribution in [0.25, 0.3) is 0 Å². The van der Waals surface area contributed by atoms with Crippen molar-refractivity contribution in [3.05, 3.63) is 11.8 Å². The Bertz CT molecular complexity index is 437. The molecular weight excluding hydrogens is 200 g/mol. The van der Waals surface area contributed by atoms with Gasteiger partial charge in [-0.3, -0.25) is 19.7 Å². The van der Waals surface area contributed by atoms with Crippen LogP contribution in [0, 0.1) is 0 Å². The van der Waals surface area contributed by atoms with E-state index in [0.29, 0.717) is 18.8 Å². The lowest BCUT2D eigenvalue weighted by Gasteiger charge is -2.15. The standard InChI is InChI=1S/C8H8N4O3/c13-4-9-8(15)5-3-10-12-2-1-6(14)11-7(5)12/h3-4H,1-2H2,(H,11,14)(H,9,13,15). The maximum Gasteiger partial charge on any atom is 0.263 e. The van der Waals surface area contributed by atoms with Crippen LogP contribution in [0.15, 0.2) is 6.20 Å². The molecule has 0 saturated heterocycles. The number of fused-ring (bicyclic) bond motifs is 1. The molecule has 2 rings (SSSR count). The number of carbonyl (C=O) groups excluding carboxylic acids is 3. The zero-order valence-corrected chi connectivity index (χ0v) is 7.69. The fourth-order valence-electron chi connectivity index (χ4n) is 1.39. The largest absolute Gasteiger partial charge is 0.310 e. The third-order valence-electron chi connectivity index (χ3n) is 2.08. The molecule has 0 saturated carbocycles. The monoisotopic (exact) mass is 208 g/mol. The molecule has 2 heterocycles. The Hall–Kier alpha value is -2.18. The van der Waals surface area contributed by atoms with Gasteiger partial charge in [-0.1, -0.05) is 0 Å². The number of hydrogen-bond donors (Lipinski definition) is 2. The number of hydrogen-bond acceptors (Lipinski definition) is 4. The molecule has 1 aromatic rings. The molecule has 2 N–H and O–H groups in total. The molecule has 78 valence electrons. The first-order valence-corrected chi connectivity index (χ1v) is 4.32. The third-order valence-corrected chi connectivity index (χ3v) is 2.08. The average molecular weight is 208 g/mol. The molecule has 1 aliphatic rings. The van der Waals surface area contributed by atoms with Gasteiger partial charge in [-0.15, -0.1) is 0 Å². The van der Waals surface area contributed by atoms with Crippen molar-refractivity contribution in [1.29, 1.82) is 0 Å². The fraction of sp³-hybridized carbons (Fsp3) is 0.250. The van der Waals surface area contributed by atoms with Gasteiger partial charge in [0.05, 0.1) is 12.7 Å². The van der Waals surface area contributed by atoms with Crippen LogP contribution in [0.5, 0.6) is 0 Å². The highest BCUT2D eigenvalue weighted by Crippen LogP contribution is 2.19. The van der Waals surface area contributed by atoms with Crippen LogP contribution < -0.4 is 10.6 Å². The quantitative estimate of drug-likeness (QED) is 0.616. The SMILES string of the molecule is O=CNC(=O)c1cnn2c1NC(=O)CC2. The second kappa shape index (κ2) is 3.52. The van der Waals surface area contributed by atoms with Crippen molar-refractivity contribution in [3.8, 4) is 0 Å². The Balaban J connectivity index is 2.34. The topological polar surface area (TPSA) is 93.1 Å². The van der Waals surface area contributed by atoms with Crippen LogP contribution in [-0.4, -0.2) is 28.0 Å². The number of imide groups is 1. The van der Waals surface area contributed by atoms with Crippen LogP contribution in [0.4, 0.5) is 5.82 Å². The molecule has 1 aromatic heterocycles. The Morgan fingerprint density at radius 1 is 1.67 bits per heavy atom. The summed E-state index contributed by atoms with van der Waals surface area (Å²) < 4.78 is 1.51. The summed E-state index contributed by atoms with van der Waals surface area (Å²) in [6, 6.07) is 0. The lowest BCUT2D eigenvalue weighted by Crippen LogP contribution is -2.27. The van der Waals surface area contributed by atoms with Gasteiger partial charge in [-0.25, -0.2) is 4.68 Å². The number of anilines is 1. The minimum Gasteiger partial charge on any atom is -0.310 e. The number of nitrogens with one attached hydrogen (secondary N) is 2. The van der Waals surface area contributed by atoms with Crippen molar-refractivity contribution in [2.75, 3.05) is 5.32 Å². The van der Waals surface area contributed by atoms with Crippen molar-refractivity contribution in [1.82, 2.24) is 15.1 Å². The number of nitrogens with zero attached hydrogens (tertiary/aromatic N) is 2. The Morgan fingerprint density at radius 2 is 2.47 bits per heavy atom. The van der Waals surface area contributed by atoms with E-state index < -0.39 is 5.91 Å². The molecule has 0 aromatic carbocycles. The molecule has 7 heteroatoms. The van der Waals surface area contributed by atoms with Gasteiger partial charge in [0, 0.05) is 6.42 Å². The Morgan fingerprint density at radius 3 is 3.20 bits per heavy atom. The van der Waals surface area contributed by atoms with E-state index in [2.05, 4.69) is 10.4 Å². The summed E-state index contributed by atoms with van der Waals surface area (Å²) in [6.45, 7) is 0.440. The van der Waals surface area contributed by atoms with Crippen molar-refractivity contribution >= 4 is 24.0 Å². The Labute approximate surface area is 84.4 Å². The highest BCUT2D eigenvalue weighted by atomic mass is 16.2. The van der Waals surface area contributed by atoms with Crippen molar-refractivity contribution in [2.45, 2.75) is 13.0 Å². The average Bonchev–Trinajstić information content (AvgIpc) is 2.60. The summed E-state index contributed by atoms with van der Waals surface area (Å²) in [7, 11) is 0. The third kappa shape index (κ3) is 1.58. The van der Waals surface area contributed by atoms with E-state index in [1.165, 1.54) is 10.9 Å².